The standard InChI is InChI=1S/C4H5ClN2O3S/c5-4-1-2-7(3-6-4)11(8,9)10/h1-2H,3H2,(H,8,9,10). The summed E-state index contributed by atoms with van der Waals surface area (Å²) in [5.74, 6) is 0. The minimum Gasteiger partial charge on any atom is -0.269 e. The molecule has 0 saturated heterocycles. The molecule has 1 heterocycles. The third-order valence-corrected chi connectivity index (χ3v) is 2.11. The van der Waals surface area contributed by atoms with Crippen LogP contribution < -0.4 is 0 Å². The number of hydrogen-bond donors (Lipinski definition) is 1. The van der Waals surface area contributed by atoms with Gasteiger partial charge in [0.2, 0.25) is 0 Å². The molecule has 0 unspecified atom stereocenters. The van der Waals surface area contributed by atoms with Gasteiger partial charge in [-0.3, -0.25) is 9.55 Å². The molecule has 0 aromatic rings. The minimum atomic E-state index is -4.17. The van der Waals surface area contributed by atoms with E-state index in [-0.39, 0.29) is 11.8 Å². The first-order valence-corrected chi connectivity index (χ1v) is 4.40. The fourth-order valence-electron chi connectivity index (χ4n) is 0.532. The second-order valence-corrected chi connectivity index (χ2v) is 3.55. The van der Waals surface area contributed by atoms with E-state index in [1.807, 2.05) is 0 Å². The molecular weight excluding hydrogens is 192 g/mol. The normalized spacial score (nSPS) is 18.4. The summed E-state index contributed by atoms with van der Waals surface area (Å²) in [6.45, 7) is -0.172. The van der Waals surface area contributed by atoms with Gasteiger partial charge in [0, 0.05) is 6.20 Å². The number of allylic oxidation sites excluding steroid dienone is 1. The van der Waals surface area contributed by atoms with E-state index in [4.69, 9.17) is 16.2 Å². The zero-order valence-corrected chi connectivity index (χ0v) is 6.88. The molecule has 0 saturated carbocycles. The predicted octanol–water partition coefficient (Wildman–Crippen LogP) is 0.213. The summed E-state index contributed by atoms with van der Waals surface area (Å²) >= 11 is 5.39. The fourth-order valence-corrected chi connectivity index (χ4v) is 1.06. The molecular formula is C4H5ClN2O3S. The van der Waals surface area contributed by atoms with E-state index in [9.17, 15) is 8.42 Å². The molecule has 1 aliphatic heterocycles. The molecule has 1 aliphatic rings. The Morgan fingerprint density at radius 3 is 2.73 bits per heavy atom. The van der Waals surface area contributed by atoms with Gasteiger partial charge in [-0.25, -0.2) is 4.31 Å². The van der Waals surface area contributed by atoms with Gasteiger partial charge < -0.3 is 0 Å². The third kappa shape index (κ3) is 2.18. The van der Waals surface area contributed by atoms with Gasteiger partial charge in [-0.1, -0.05) is 11.6 Å². The summed E-state index contributed by atoms with van der Waals surface area (Å²) in [6.07, 6.45) is 2.42. The first-order chi connectivity index (χ1) is 5.00. The van der Waals surface area contributed by atoms with Crippen LogP contribution in [0.15, 0.2) is 17.3 Å². The van der Waals surface area contributed by atoms with Crippen LogP contribution in [0.5, 0.6) is 0 Å². The lowest BCUT2D eigenvalue weighted by molar-refractivity contribution is 0.408. The summed E-state index contributed by atoms with van der Waals surface area (Å²) in [5.41, 5.74) is 0. The van der Waals surface area contributed by atoms with Crippen molar-refractivity contribution in [2.45, 2.75) is 0 Å². The van der Waals surface area contributed by atoms with Crippen LogP contribution in [0.25, 0.3) is 0 Å². The Bertz CT molecular complexity index is 307. The Morgan fingerprint density at radius 1 is 1.73 bits per heavy atom. The minimum absolute atomic E-state index is 0.172. The smallest absolute Gasteiger partial charge is 0.269 e. The first kappa shape index (κ1) is 8.51. The largest absolute Gasteiger partial charge is 0.361 e. The van der Waals surface area contributed by atoms with Crippen LogP contribution in [0.1, 0.15) is 0 Å². The van der Waals surface area contributed by atoms with Crippen molar-refractivity contribution in [3.05, 3.63) is 12.3 Å². The summed E-state index contributed by atoms with van der Waals surface area (Å²) < 4.78 is 30.0. The van der Waals surface area contributed by atoms with Gasteiger partial charge in [-0.05, 0) is 6.08 Å². The summed E-state index contributed by atoms with van der Waals surface area (Å²) in [5, 5.41) is 0.213. The Hall–Kier alpha value is -0.590. The number of aliphatic imine (C=N–C) groups is 1. The second kappa shape index (κ2) is 2.80. The summed E-state index contributed by atoms with van der Waals surface area (Å²) in [7, 11) is -4.17. The SMILES string of the molecule is O=S(=O)(O)N1C=CC(Cl)=NC1. The Morgan fingerprint density at radius 2 is 2.36 bits per heavy atom. The van der Waals surface area contributed by atoms with Crippen LogP contribution in [-0.2, 0) is 10.3 Å². The first-order valence-electron chi connectivity index (χ1n) is 2.62. The van der Waals surface area contributed by atoms with Crippen LogP contribution in [0.2, 0.25) is 0 Å². The third-order valence-electron chi connectivity index (χ3n) is 1.04. The highest BCUT2D eigenvalue weighted by molar-refractivity contribution is 7.83. The average molecular weight is 197 g/mol. The molecule has 1 rings (SSSR count). The van der Waals surface area contributed by atoms with Crippen molar-refractivity contribution in [1.82, 2.24) is 4.31 Å². The van der Waals surface area contributed by atoms with Gasteiger partial charge in [-0.15, -0.1) is 0 Å². The van der Waals surface area contributed by atoms with Crippen molar-refractivity contribution in [3.8, 4) is 0 Å². The fraction of sp³-hybridized carbons (Fsp3) is 0.250. The van der Waals surface area contributed by atoms with Crippen LogP contribution in [0.4, 0.5) is 0 Å². The van der Waals surface area contributed by atoms with Crippen LogP contribution >= 0.6 is 11.6 Å². The molecule has 0 fully saturated rings. The molecule has 7 heteroatoms. The number of hydrogen-bond acceptors (Lipinski definition) is 3. The number of nitrogens with zero attached hydrogens (tertiary/aromatic N) is 2. The van der Waals surface area contributed by atoms with E-state index < -0.39 is 10.3 Å². The molecule has 11 heavy (non-hydrogen) atoms. The lowest BCUT2D eigenvalue weighted by atomic mass is 10.6. The van der Waals surface area contributed by atoms with Crippen molar-refractivity contribution >= 4 is 27.1 Å². The van der Waals surface area contributed by atoms with Crippen molar-refractivity contribution in [2.75, 3.05) is 6.67 Å². The van der Waals surface area contributed by atoms with E-state index in [1.165, 1.54) is 6.08 Å². The molecule has 0 aromatic heterocycles. The molecule has 0 atom stereocenters. The highest BCUT2D eigenvalue weighted by atomic mass is 35.5. The van der Waals surface area contributed by atoms with Gasteiger partial charge in [0.15, 0.2) is 0 Å². The Kier molecular flexibility index (Phi) is 2.17. The van der Waals surface area contributed by atoms with Gasteiger partial charge in [-0.2, -0.15) is 8.42 Å². The van der Waals surface area contributed by atoms with Crippen molar-refractivity contribution < 1.29 is 13.0 Å². The zero-order valence-electron chi connectivity index (χ0n) is 5.31. The van der Waals surface area contributed by atoms with Gasteiger partial charge in [0.1, 0.15) is 11.8 Å². The quantitative estimate of drug-likeness (QED) is 0.610. The lowest BCUT2D eigenvalue weighted by Gasteiger charge is -2.15. The van der Waals surface area contributed by atoms with E-state index >= 15 is 0 Å². The van der Waals surface area contributed by atoms with E-state index in [0.717, 1.165) is 6.20 Å². The maximum atomic E-state index is 10.4. The molecule has 0 spiro atoms. The molecule has 0 aromatic carbocycles. The molecule has 5 nitrogen and oxygen atoms in total. The molecule has 62 valence electrons. The van der Waals surface area contributed by atoms with Gasteiger partial charge >= 0.3 is 10.3 Å². The zero-order chi connectivity index (χ0) is 8.48. The molecule has 0 aliphatic carbocycles. The Labute approximate surface area is 68.9 Å². The lowest BCUT2D eigenvalue weighted by Crippen LogP contribution is -2.27. The van der Waals surface area contributed by atoms with Gasteiger partial charge in [0.05, 0.1) is 0 Å². The Balaban J connectivity index is 2.79. The van der Waals surface area contributed by atoms with Crippen molar-refractivity contribution in [2.24, 2.45) is 4.99 Å². The number of halogens is 1. The van der Waals surface area contributed by atoms with Crippen molar-refractivity contribution in [3.63, 3.8) is 0 Å². The van der Waals surface area contributed by atoms with E-state index in [1.54, 1.807) is 0 Å². The van der Waals surface area contributed by atoms with E-state index in [0.29, 0.717) is 4.31 Å². The molecule has 0 amide bonds. The van der Waals surface area contributed by atoms with E-state index in [2.05, 4.69) is 4.99 Å². The average Bonchev–Trinajstić information content (AvgIpc) is 1.86. The van der Waals surface area contributed by atoms with Gasteiger partial charge in [0.25, 0.3) is 0 Å². The maximum absolute atomic E-state index is 10.4. The topological polar surface area (TPSA) is 70.0 Å². The highest BCUT2D eigenvalue weighted by Crippen LogP contribution is 2.05. The van der Waals surface area contributed by atoms with Crippen LogP contribution in [0.3, 0.4) is 0 Å². The number of rotatable bonds is 1. The second-order valence-electron chi connectivity index (χ2n) is 1.80. The summed E-state index contributed by atoms with van der Waals surface area (Å²) in [4.78, 5) is 3.56. The van der Waals surface area contributed by atoms with Crippen LogP contribution in [0, 0.1) is 0 Å². The van der Waals surface area contributed by atoms with Crippen molar-refractivity contribution in [1.29, 1.82) is 0 Å². The maximum Gasteiger partial charge on any atom is 0.361 e. The molecule has 0 radical (unpaired) electrons. The molecule has 0 bridgehead atoms. The monoisotopic (exact) mass is 196 g/mol. The summed E-state index contributed by atoms with van der Waals surface area (Å²) in [6, 6.07) is 0. The molecule has 1 N–H and O–H groups in total. The highest BCUT2D eigenvalue weighted by Gasteiger charge is 2.15. The van der Waals surface area contributed by atoms with Crippen LogP contribution in [-0.4, -0.2) is 29.1 Å². The predicted molar refractivity (Wildman–Crippen MR) is 40.7 cm³/mol.